The molecule has 0 atom stereocenters. The average molecular weight is 322 g/mol. The van der Waals surface area contributed by atoms with Crippen LogP contribution in [0.15, 0.2) is 0 Å². The Morgan fingerprint density at radius 1 is 1.39 bits per heavy atom. The van der Waals surface area contributed by atoms with Crippen LogP contribution in [0.5, 0.6) is 0 Å². The van der Waals surface area contributed by atoms with Gasteiger partial charge in [-0.25, -0.2) is 4.79 Å². The number of aromatic nitrogens is 1. The van der Waals surface area contributed by atoms with Gasteiger partial charge in [0.05, 0.1) is 24.9 Å². The van der Waals surface area contributed by atoms with E-state index in [1.807, 2.05) is 20.8 Å². The molecule has 1 amide bonds. The molecular formula is C17H26N2O4. The first kappa shape index (κ1) is 17.5. The lowest BCUT2D eigenvalue weighted by Gasteiger charge is -2.38. The maximum absolute atomic E-state index is 12.9. The molecule has 6 nitrogen and oxygen atoms in total. The molecule has 0 unspecified atom stereocenters. The van der Waals surface area contributed by atoms with Crippen molar-refractivity contribution < 1.29 is 19.1 Å². The minimum absolute atomic E-state index is 0.0805. The van der Waals surface area contributed by atoms with Crippen molar-refractivity contribution in [3.63, 3.8) is 0 Å². The molecule has 0 bridgehead atoms. The van der Waals surface area contributed by atoms with Gasteiger partial charge < -0.3 is 19.4 Å². The molecule has 1 aromatic heterocycles. The number of rotatable bonds is 4. The van der Waals surface area contributed by atoms with Gasteiger partial charge in [-0.1, -0.05) is 13.3 Å². The summed E-state index contributed by atoms with van der Waals surface area (Å²) in [5.41, 5.74) is 2.07. The lowest BCUT2D eigenvalue weighted by molar-refractivity contribution is -0.0765. The van der Waals surface area contributed by atoms with Crippen LogP contribution in [0, 0.1) is 6.92 Å². The highest BCUT2D eigenvalue weighted by Crippen LogP contribution is 2.25. The van der Waals surface area contributed by atoms with Crippen LogP contribution in [0.3, 0.4) is 0 Å². The van der Waals surface area contributed by atoms with Crippen molar-refractivity contribution in [1.82, 2.24) is 9.88 Å². The molecule has 1 N–H and O–H groups in total. The van der Waals surface area contributed by atoms with E-state index in [0.29, 0.717) is 43.1 Å². The van der Waals surface area contributed by atoms with Crippen LogP contribution < -0.4 is 0 Å². The van der Waals surface area contributed by atoms with E-state index in [-0.39, 0.29) is 11.5 Å². The summed E-state index contributed by atoms with van der Waals surface area (Å²) in [5, 5.41) is 0. The Morgan fingerprint density at radius 2 is 2.09 bits per heavy atom. The second-order valence-corrected chi connectivity index (χ2v) is 6.55. The number of nitrogens with one attached hydrogen (secondary N) is 1. The van der Waals surface area contributed by atoms with Gasteiger partial charge in [0.1, 0.15) is 5.69 Å². The monoisotopic (exact) mass is 322 g/mol. The van der Waals surface area contributed by atoms with Crippen LogP contribution in [0.4, 0.5) is 0 Å². The topological polar surface area (TPSA) is 71.6 Å². The minimum Gasteiger partial charge on any atom is -0.465 e. The van der Waals surface area contributed by atoms with Crippen molar-refractivity contribution in [3.8, 4) is 0 Å². The number of methoxy groups -OCH3 is 1. The first-order chi connectivity index (χ1) is 10.8. The third-order valence-corrected chi connectivity index (χ3v) is 4.11. The molecule has 6 heteroatoms. The zero-order valence-electron chi connectivity index (χ0n) is 14.6. The number of aromatic amines is 1. The first-order valence-electron chi connectivity index (χ1n) is 8.03. The number of amides is 1. The summed E-state index contributed by atoms with van der Waals surface area (Å²) >= 11 is 0. The fourth-order valence-electron chi connectivity index (χ4n) is 3.09. The normalized spacial score (nSPS) is 17.2. The number of carbonyl (C=O) groups excluding carboxylic acids is 2. The largest absolute Gasteiger partial charge is 0.465 e. The summed E-state index contributed by atoms with van der Waals surface area (Å²) in [6.07, 6.45) is 1.50. The average Bonchev–Trinajstić information content (AvgIpc) is 2.81. The molecule has 0 aromatic carbocycles. The second kappa shape index (κ2) is 6.74. The van der Waals surface area contributed by atoms with Gasteiger partial charge in [-0.2, -0.15) is 0 Å². The number of nitrogens with zero attached hydrogens (tertiary/aromatic N) is 1. The summed E-state index contributed by atoms with van der Waals surface area (Å²) in [5.74, 6) is -0.480. The summed E-state index contributed by atoms with van der Waals surface area (Å²) < 4.78 is 10.5. The first-order valence-corrected chi connectivity index (χ1v) is 8.03. The predicted molar refractivity (Wildman–Crippen MR) is 86.8 cm³/mol. The summed E-state index contributed by atoms with van der Waals surface area (Å²) in [6.45, 7) is 9.37. The second-order valence-electron chi connectivity index (χ2n) is 6.55. The number of aryl methyl sites for hydroxylation is 1. The molecule has 2 rings (SSSR count). The summed E-state index contributed by atoms with van der Waals surface area (Å²) in [6, 6.07) is 0. The number of morpholine rings is 1. The van der Waals surface area contributed by atoms with Crippen LogP contribution in [0.2, 0.25) is 0 Å². The highest BCUT2D eigenvalue weighted by Gasteiger charge is 2.33. The van der Waals surface area contributed by atoms with Crippen LogP contribution in [-0.4, -0.2) is 54.2 Å². The molecule has 2 heterocycles. The van der Waals surface area contributed by atoms with Gasteiger partial charge in [-0.15, -0.1) is 0 Å². The SMILES string of the molecule is CCCc1c(C(=O)N2CCOC(C)(C)C2)[nH]c(C)c1C(=O)OC. The molecule has 0 radical (unpaired) electrons. The van der Waals surface area contributed by atoms with Gasteiger partial charge in [0.2, 0.25) is 0 Å². The third kappa shape index (κ3) is 3.58. The number of esters is 1. The van der Waals surface area contributed by atoms with E-state index in [4.69, 9.17) is 9.47 Å². The van der Waals surface area contributed by atoms with E-state index in [0.717, 1.165) is 12.0 Å². The molecule has 1 saturated heterocycles. The smallest absolute Gasteiger partial charge is 0.339 e. The standard InChI is InChI=1S/C17H26N2O4/c1-6-7-12-13(16(21)22-5)11(2)18-14(12)15(20)19-8-9-23-17(3,4)10-19/h18H,6-10H2,1-5H3. The van der Waals surface area contributed by atoms with Gasteiger partial charge in [-0.05, 0) is 32.8 Å². The molecule has 0 spiro atoms. The number of hydrogen-bond donors (Lipinski definition) is 1. The molecule has 23 heavy (non-hydrogen) atoms. The van der Waals surface area contributed by atoms with Crippen molar-refractivity contribution in [1.29, 1.82) is 0 Å². The van der Waals surface area contributed by atoms with Gasteiger partial charge in [-0.3, -0.25) is 4.79 Å². The number of ether oxygens (including phenoxy) is 2. The summed E-state index contributed by atoms with van der Waals surface area (Å²) in [7, 11) is 1.36. The van der Waals surface area contributed by atoms with E-state index in [9.17, 15) is 9.59 Å². The Hall–Kier alpha value is -1.82. The molecular weight excluding hydrogens is 296 g/mol. The number of hydrogen-bond acceptors (Lipinski definition) is 4. The Morgan fingerprint density at radius 3 is 2.65 bits per heavy atom. The molecule has 1 fully saturated rings. The fourth-order valence-corrected chi connectivity index (χ4v) is 3.09. The van der Waals surface area contributed by atoms with Gasteiger partial charge in [0, 0.05) is 18.8 Å². The van der Waals surface area contributed by atoms with Crippen molar-refractivity contribution in [2.75, 3.05) is 26.8 Å². The molecule has 128 valence electrons. The van der Waals surface area contributed by atoms with Crippen LogP contribution in [0.1, 0.15) is 59.3 Å². The molecule has 0 aliphatic carbocycles. The Labute approximate surface area is 137 Å². The van der Waals surface area contributed by atoms with Crippen molar-refractivity contribution in [2.45, 2.75) is 46.1 Å². The lowest BCUT2D eigenvalue weighted by Crippen LogP contribution is -2.50. The van der Waals surface area contributed by atoms with E-state index >= 15 is 0 Å². The highest BCUT2D eigenvalue weighted by molar-refractivity contribution is 6.00. The fraction of sp³-hybridized carbons (Fsp3) is 0.647. The Kier molecular flexibility index (Phi) is 5.14. The number of H-pyrrole nitrogens is 1. The van der Waals surface area contributed by atoms with Crippen LogP contribution in [-0.2, 0) is 15.9 Å². The predicted octanol–water partition coefficient (Wildman–Crippen LogP) is 2.31. The molecule has 1 aliphatic heterocycles. The van der Waals surface area contributed by atoms with Crippen molar-refractivity contribution in [3.05, 3.63) is 22.5 Å². The van der Waals surface area contributed by atoms with Crippen LogP contribution in [0.25, 0.3) is 0 Å². The number of carbonyl (C=O) groups is 2. The lowest BCUT2D eigenvalue weighted by atomic mass is 10.0. The van der Waals surface area contributed by atoms with Crippen molar-refractivity contribution in [2.24, 2.45) is 0 Å². The highest BCUT2D eigenvalue weighted by atomic mass is 16.5. The zero-order chi connectivity index (χ0) is 17.2. The van der Waals surface area contributed by atoms with E-state index < -0.39 is 5.97 Å². The van der Waals surface area contributed by atoms with Gasteiger partial charge in [0.15, 0.2) is 0 Å². The Balaban J connectivity index is 2.38. The quantitative estimate of drug-likeness (QED) is 0.864. The third-order valence-electron chi connectivity index (χ3n) is 4.11. The molecule has 0 saturated carbocycles. The zero-order valence-corrected chi connectivity index (χ0v) is 14.6. The van der Waals surface area contributed by atoms with Gasteiger partial charge in [0.25, 0.3) is 5.91 Å². The van der Waals surface area contributed by atoms with Crippen LogP contribution >= 0.6 is 0 Å². The Bertz CT molecular complexity index is 604. The summed E-state index contributed by atoms with van der Waals surface area (Å²) in [4.78, 5) is 29.9. The molecule has 1 aromatic rings. The van der Waals surface area contributed by atoms with E-state index in [2.05, 4.69) is 4.98 Å². The van der Waals surface area contributed by atoms with Crippen molar-refractivity contribution >= 4 is 11.9 Å². The maximum atomic E-state index is 12.9. The van der Waals surface area contributed by atoms with E-state index in [1.165, 1.54) is 7.11 Å². The van der Waals surface area contributed by atoms with E-state index in [1.54, 1.807) is 11.8 Å². The molecule has 1 aliphatic rings. The minimum atomic E-state index is -0.399. The van der Waals surface area contributed by atoms with Gasteiger partial charge >= 0.3 is 5.97 Å². The maximum Gasteiger partial charge on any atom is 0.339 e.